The molecule has 0 aromatic carbocycles. The molecule has 1 rings (SSSR count). The third kappa shape index (κ3) is 4.53. The van der Waals surface area contributed by atoms with Crippen LogP contribution in [0.5, 0.6) is 0 Å². The van der Waals surface area contributed by atoms with Gasteiger partial charge in [0.05, 0.1) is 23.1 Å². The van der Waals surface area contributed by atoms with Crippen molar-refractivity contribution in [2.24, 2.45) is 0 Å². The molecule has 1 heterocycles. The molecule has 1 saturated heterocycles. The number of rotatable bonds is 4. The normalized spacial score (nSPS) is 24.5. The zero-order chi connectivity index (χ0) is 16.6. The van der Waals surface area contributed by atoms with Crippen molar-refractivity contribution in [3.8, 4) is 0 Å². The summed E-state index contributed by atoms with van der Waals surface area (Å²) < 4.78 is 5.80. The van der Waals surface area contributed by atoms with Gasteiger partial charge in [-0.25, -0.2) is 0 Å². The first-order valence-corrected chi connectivity index (χ1v) is 11.3. The largest absolute Gasteiger partial charge is 0.412 e. The summed E-state index contributed by atoms with van der Waals surface area (Å²) in [5.74, 6) is 0.0166. The van der Waals surface area contributed by atoms with Crippen molar-refractivity contribution in [3.63, 3.8) is 0 Å². The molecule has 0 aliphatic carbocycles. The van der Waals surface area contributed by atoms with Crippen LogP contribution in [0, 0.1) is 0 Å². The van der Waals surface area contributed by atoms with Crippen LogP contribution in [-0.2, 0) is 9.22 Å². The molecule has 0 aromatic rings. The number of aliphatic hydroxyl groups excluding tert-OH is 1. The second kappa shape index (κ2) is 6.30. The van der Waals surface area contributed by atoms with Gasteiger partial charge >= 0.3 is 0 Å². The minimum Gasteiger partial charge on any atom is -0.412 e. The van der Waals surface area contributed by atoms with Crippen molar-refractivity contribution in [2.75, 3.05) is 13.2 Å². The first-order valence-electron chi connectivity index (χ1n) is 7.58. The highest BCUT2D eigenvalue weighted by molar-refractivity contribution is 9.10. The van der Waals surface area contributed by atoms with Crippen LogP contribution in [0.3, 0.4) is 0 Å². The molecular weight excluding hydrogens is 350 g/mol. The quantitative estimate of drug-likeness (QED) is 0.602. The molecule has 1 amide bonds. The highest BCUT2D eigenvalue weighted by atomic mass is 79.9. The number of alkyl halides is 1. The van der Waals surface area contributed by atoms with Crippen LogP contribution in [-0.4, -0.2) is 53.9 Å². The van der Waals surface area contributed by atoms with Gasteiger partial charge in [0.1, 0.15) is 0 Å². The number of likely N-dealkylation sites (tertiary alicyclic amines) is 1. The third-order valence-electron chi connectivity index (χ3n) is 4.62. The number of carbonyl (C=O) groups is 1. The SMILES string of the molecule is CC(C)(Br)C(=O)N1CC(O[Si](C)(C)C(C)(C)C)CC1CO. The van der Waals surface area contributed by atoms with E-state index in [0.717, 1.165) is 6.42 Å². The van der Waals surface area contributed by atoms with Crippen LogP contribution in [0.25, 0.3) is 0 Å². The van der Waals surface area contributed by atoms with Crippen LogP contribution in [0.2, 0.25) is 18.1 Å². The molecule has 2 unspecified atom stereocenters. The fourth-order valence-corrected chi connectivity index (χ4v) is 3.90. The lowest BCUT2D eigenvalue weighted by Crippen LogP contribution is -2.47. The molecular formula is C15H30BrNO3Si. The fraction of sp³-hybridized carbons (Fsp3) is 0.933. The van der Waals surface area contributed by atoms with Gasteiger partial charge < -0.3 is 14.4 Å². The number of carbonyl (C=O) groups excluding carboxylic acids is 1. The Hall–Kier alpha value is 0.0869. The zero-order valence-electron chi connectivity index (χ0n) is 14.4. The molecule has 1 aliphatic rings. The lowest BCUT2D eigenvalue weighted by molar-refractivity contribution is -0.134. The molecule has 21 heavy (non-hydrogen) atoms. The highest BCUT2D eigenvalue weighted by Gasteiger charge is 2.45. The van der Waals surface area contributed by atoms with E-state index in [2.05, 4.69) is 49.8 Å². The lowest BCUT2D eigenvalue weighted by Gasteiger charge is -2.38. The van der Waals surface area contributed by atoms with Crippen LogP contribution < -0.4 is 0 Å². The maximum absolute atomic E-state index is 12.5. The molecule has 0 bridgehead atoms. The number of aliphatic hydroxyl groups is 1. The molecule has 0 saturated carbocycles. The Bertz CT molecular complexity index is 387. The minimum absolute atomic E-state index is 0.00776. The van der Waals surface area contributed by atoms with E-state index in [1.807, 2.05) is 13.8 Å². The lowest BCUT2D eigenvalue weighted by atomic mass is 10.1. The van der Waals surface area contributed by atoms with Gasteiger partial charge in [-0.2, -0.15) is 0 Å². The summed E-state index contributed by atoms with van der Waals surface area (Å²) >= 11 is 3.42. The van der Waals surface area contributed by atoms with E-state index in [-0.39, 0.29) is 29.7 Å². The predicted molar refractivity (Wildman–Crippen MR) is 92.3 cm³/mol. The van der Waals surface area contributed by atoms with Crippen molar-refractivity contribution >= 4 is 30.2 Å². The summed E-state index contributed by atoms with van der Waals surface area (Å²) in [6.45, 7) is 15.3. The van der Waals surface area contributed by atoms with Gasteiger partial charge in [-0.15, -0.1) is 0 Å². The van der Waals surface area contributed by atoms with Gasteiger partial charge in [-0.1, -0.05) is 36.7 Å². The van der Waals surface area contributed by atoms with Crippen molar-refractivity contribution in [1.29, 1.82) is 0 Å². The second-order valence-corrected chi connectivity index (χ2v) is 14.7. The Morgan fingerprint density at radius 2 is 1.86 bits per heavy atom. The van der Waals surface area contributed by atoms with Gasteiger partial charge in [-0.05, 0) is 38.4 Å². The average Bonchev–Trinajstić information content (AvgIpc) is 2.67. The molecule has 2 atom stereocenters. The Morgan fingerprint density at radius 1 is 1.33 bits per heavy atom. The molecule has 1 aliphatic heterocycles. The average molecular weight is 380 g/mol. The maximum Gasteiger partial charge on any atom is 0.239 e. The van der Waals surface area contributed by atoms with Crippen molar-refractivity contribution in [3.05, 3.63) is 0 Å². The number of amides is 1. The Labute approximate surface area is 138 Å². The number of hydrogen-bond donors (Lipinski definition) is 1. The topological polar surface area (TPSA) is 49.8 Å². The van der Waals surface area contributed by atoms with Gasteiger partial charge in [0.2, 0.25) is 5.91 Å². The van der Waals surface area contributed by atoms with E-state index in [4.69, 9.17) is 4.43 Å². The van der Waals surface area contributed by atoms with Gasteiger partial charge in [0.15, 0.2) is 8.32 Å². The number of halogens is 1. The Morgan fingerprint density at radius 3 is 2.24 bits per heavy atom. The molecule has 124 valence electrons. The van der Waals surface area contributed by atoms with Crippen LogP contribution in [0.15, 0.2) is 0 Å². The summed E-state index contributed by atoms with van der Waals surface area (Å²) in [7, 11) is -1.85. The van der Waals surface area contributed by atoms with Crippen molar-refractivity contribution in [1.82, 2.24) is 4.90 Å². The van der Waals surface area contributed by atoms with E-state index in [1.54, 1.807) is 4.90 Å². The first kappa shape index (κ1) is 19.1. The van der Waals surface area contributed by atoms with Gasteiger partial charge in [0, 0.05) is 6.54 Å². The zero-order valence-corrected chi connectivity index (χ0v) is 17.0. The molecule has 6 heteroatoms. The van der Waals surface area contributed by atoms with Crippen molar-refractivity contribution in [2.45, 2.75) is 75.6 Å². The molecule has 1 N–H and O–H groups in total. The summed E-state index contributed by atoms with van der Waals surface area (Å²) in [6, 6.07) is -0.135. The summed E-state index contributed by atoms with van der Waals surface area (Å²) in [5, 5.41) is 9.72. The molecule has 0 aromatic heterocycles. The number of hydrogen-bond acceptors (Lipinski definition) is 3. The summed E-state index contributed by atoms with van der Waals surface area (Å²) in [4.78, 5) is 14.2. The number of nitrogens with zero attached hydrogens (tertiary/aromatic N) is 1. The molecule has 4 nitrogen and oxygen atoms in total. The van der Waals surface area contributed by atoms with E-state index in [9.17, 15) is 9.90 Å². The molecule has 0 radical (unpaired) electrons. The van der Waals surface area contributed by atoms with Crippen LogP contribution >= 0.6 is 15.9 Å². The molecule has 0 spiro atoms. The van der Waals surface area contributed by atoms with E-state index in [1.165, 1.54) is 0 Å². The van der Waals surface area contributed by atoms with Gasteiger partial charge in [0.25, 0.3) is 0 Å². The van der Waals surface area contributed by atoms with Crippen molar-refractivity contribution < 1.29 is 14.3 Å². The fourth-order valence-electron chi connectivity index (χ4n) is 2.32. The summed E-state index contributed by atoms with van der Waals surface area (Å²) in [6.07, 6.45) is 0.750. The minimum atomic E-state index is -1.85. The van der Waals surface area contributed by atoms with E-state index >= 15 is 0 Å². The smallest absolute Gasteiger partial charge is 0.239 e. The van der Waals surface area contributed by atoms with E-state index in [0.29, 0.717) is 6.54 Å². The molecule has 1 fully saturated rings. The monoisotopic (exact) mass is 379 g/mol. The Kier molecular flexibility index (Phi) is 5.74. The third-order valence-corrected chi connectivity index (χ3v) is 9.50. The van der Waals surface area contributed by atoms with Gasteiger partial charge in [-0.3, -0.25) is 4.79 Å². The van der Waals surface area contributed by atoms with Crippen LogP contribution in [0.4, 0.5) is 0 Å². The second-order valence-electron chi connectivity index (χ2n) is 8.00. The maximum atomic E-state index is 12.5. The predicted octanol–water partition coefficient (Wildman–Crippen LogP) is 3.14. The standard InChI is InChI=1S/C15H30BrNO3Si/c1-14(2,3)21(6,7)20-12-8-11(10-18)17(9-12)13(19)15(4,5)16/h11-12,18H,8-10H2,1-7H3. The highest BCUT2D eigenvalue weighted by Crippen LogP contribution is 2.39. The van der Waals surface area contributed by atoms with Crippen LogP contribution in [0.1, 0.15) is 41.0 Å². The first-order chi connectivity index (χ1) is 9.29. The Balaban J connectivity index is 2.81. The van der Waals surface area contributed by atoms with E-state index < -0.39 is 12.6 Å². The summed E-state index contributed by atoms with van der Waals surface area (Å²) in [5.41, 5.74) is 0.